The van der Waals surface area contributed by atoms with Crippen molar-refractivity contribution in [3.8, 4) is 5.75 Å². The van der Waals surface area contributed by atoms with Gasteiger partial charge < -0.3 is 30.2 Å². The molecule has 0 unspecified atom stereocenters. The number of Topliss-reactive ketones (excluding diaryl/α,β-unsaturated/α-hetero) is 1. The third-order valence-corrected chi connectivity index (χ3v) is 11.7. The lowest BCUT2D eigenvalue weighted by Crippen LogP contribution is -2.63. The number of anilines is 1. The fraction of sp³-hybridized carbons (Fsp3) is 0.486. The predicted molar refractivity (Wildman–Crippen MR) is 164 cm³/mol. The number of hydrogen-bond donors (Lipinski definition) is 3. The third-order valence-electron chi connectivity index (χ3n) is 11.4. The summed E-state index contributed by atoms with van der Waals surface area (Å²) in [5.41, 5.74) is 6.37. The van der Waals surface area contributed by atoms with Crippen LogP contribution >= 0.6 is 11.6 Å². The van der Waals surface area contributed by atoms with Crippen molar-refractivity contribution in [2.45, 2.75) is 70.2 Å². The zero-order valence-electron chi connectivity index (χ0n) is 24.9. The molecule has 9 atom stereocenters. The summed E-state index contributed by atoms with van der Waals surface area (Å²) >= 11 is 6.66. The van der Waals surface area contributed by atoms with E-state index in [1.807, 2.05) is 37.3 Å². The van der Waals surface area contributed by atoms with Gasteiger partial charge in [-0.25, -0.2) is 0 Å². The lowest BCUT2D eigenvalue weighted by atomic mass is 9.46. The van der Waals surface area contributed by atoms with Crippen molar-refractivity contribution < 1.29 is 34.0 Å². The first-order valence-corrected chi connectivity index (χ1v) is 15.7. The normalized spacial score (nSPS) is 38.8. The zero-order chi connectivity index (χ0) is 31.0. The molecule has 2 aromatic carbocycles. The van der Waals surface area contributed by atoms with Gasteiger partial charge in [-0.1, -0.05) is 49.2 Å². The molecule has 0 bridgehead atoms. The summed E-state index contributed by atoms with van der Waals surface area (Å²) in [5, 5.41) is 22.5. The van der Waals surface area contributed by atoms with Crippen LogP contribution in [-0.2, 0) is 25.7 Å². The van der Waals surface area contributed by atoms with Crippen molar-refractivity contribution in [2.75, 3.05) is 12.3 Å². The van der Waals surface area contributed by atoms with Gasteiger partial charge >= 0.3 is 0 Å². The molecule has 3 saturated carbocycles. The molecule has 1 saturated heterocycles. The number of carbonyl (C=O) groups excluding carboxylic acids is 2. The van der Waals surface area contributed by atoms with E-state index in [1.165, 1.54) is 0 Å². The van der Waals surface area contributed by atoms with Gasteiger partial charge in [0, 0.05) is 33.0 Å². The number of aliphatic hydroxyl groups is 2. The molecule has 4 aliphatic carbocycles. The maximum atomic E-state index is 13.8. The topological polar surface area (TPSA) is 128 Å². The highest BCUT2D eigenvalue weighted by molar-refractivity contribution is 6.31. The molecule has 0 spiro atoms. The van der Waals surface area contributed by atoms with E-state index in [-0.39, 0.29) is 23.5 Å². The van der Waals surface area contributed by atoms with Gasteiger partial charge in [0.1, 0.15) is 19.0 Å². The first-order valence-electron chi connectivity index (χ1n) is 15.4. The molecule has 4 fully saturated rings. The Kier molecular flexibility index (Phi) is 7.10. The Labute approximate surface area is 261 Å². The summed E-state index contributed by atoms with van der Waals surface area (Å²) < 4.78 is 19.3. The molecule has 2 aromatic rings. The minimum absolute atomic E-state index is 0.00482. The monoisotopic (exact) mass is 619 g/mol. The standard InChI is InChI=1S/C35H38ClNO7/c1-33-11-10-22(39)13-20(33)6-8-24-26-15-30-35(29(41)17-38,34(26,2)16-28(40)31(24)33)44-32(43-30)25-14-23(7-9-27(25)36)42-18-19-4-3-5-21(37)12-19/h3-5,7,9-14,24,26,28,30-32,38,40H,6,8,15-18,37H2,1-2H3/t24-,26-,28-,30+,31+,32+,33-,34-,35+/m0/s1. The van der Waals surface area contributed by atoms with Crippen LogP contribution < -0.4 is 10.5 Å². The fourth-order valence-corrected chi connectivity index (χ4v) is 9.67. The first kappa shape index (κ1) is 29.7. The van der Waals surface area contributed by atoms with Crippen molar-refractivity contribution in [3.63, 3.8) is 0 Å². The highest BCUT2D eigenvalue weighted by Gasteiger charge is 2.76. The number of nitrogen functional groups attached to an aromatic ring is 1. The number of hydrogen-bond acceptors (Lipinski definition) is 8. The van der Waals surface area contributed by atoms with Crippen molar-refractivity contribution in [1.82, 2.24) is 0 Å². The number of benzene rings is 2. The number of ether oxygens (including phenoxy) is 3. The zero-order valence-corrected chi connectivity index (χ0v) is 25.6. The number of halogens is 1. The number of fused-ring (bicyclic) bond motifs is 7. The van der Waals surface area contributed by atoms with Crippen molar-refractivity contribution in [2.24, 2.45) is 28.6 Å². The van der Waals surface area contributed by atoms with E-state index in [0.717, 1.165) is 24.0 Å². The highest BCUT2D eigenvalue weighted by Crippen LogP contribution is 2.70. The predicted octanol–water partition coefficient (Wildman–Crippen LogP) is 5.10. The van der Waals surface area contributed by atoms with Crippen molar-refractivity contribution >= 4 is 28.9 Å². The highest BCUT2D eigenvalue weighted by atomic mass is 35.5. The summed E-state index contributed by atoms with van der Waals surface area (Å²) in [4.78, 5) is 26.0. The van der Waals surface area contributed by atoms with E-state index < -0.39 is 47.3 Å². The van der Waals surface area contributed by atoms with Crippen LogP contribution in [0.25, 0.3) is 0 Å². The molecule has 7 rings (SSSR count). The molecule has 1 aliphatic heterocycles. The summed E-state index contributed by atoms with van der Waals surface area (Å²) in [6.07, 6.45) is 5.36. The molecule has 0 amide bonds. The van der Waals surface area contributed by atoms with Crippen LogP contribution in [-0.4, -0.2) is 46.2 Å². The van der Waals surface area contributed by atoms with Crippen molar-refractivity contribution in [3.05, 3.63) is 82.4 Å². The maximum absolute atomic E-state index is 13.8. The lowest BCUT2D eigenvalue weighted by Gasteiger charge is -2.59. The van der Waals surface area contributed by atoms with E-state index in [2.05, 4.69) is 6.92 Å². The summed E-state index contributed by atoms with van der Waals surface area (Å²) in [5.74, 6) is 0.0678. The van der Waals surface area contributed by atoms with Crippen LogP contribution in [0.3, 0.4) is 0 Å². The molecule has 8 nitrogen and oxygen atoms in total. The largest absolute Gasteiger partial charge is 0.489 e. The first-order chi connectivity index (χ1) is 21.0. The second kappa shape index (κ2) is 10.5. The van der Waals surface area contributed by atoms with Gasteiger partial charge in [-0.3, -0.25) is 9.59 Å². The van der Waals surface area contributed by atoms with Crippen LogP contribution in [0, 0.1) is 28.6 Å². The second-order valence-corrected chi connectivity index (χ2v) is 14.0. The minimum Gasteiger partial charge on any atom is -0.489 e. The molecule has 0 radical (unpaired) electrons. The summed E-state index contributed by atoms with van der Waals surface area (Å²) in [7, 11) is 0. The minimum atomic E-state index is -1.46. The van der Waals surface area contributed by atoms with Gasteiger partial charge in [0.15, 0.2) is 23.5 Å². The van der Waals surface area contributed by atoms with E-state index >= 15 is 0 Å². The quantitative estimate of drug-likeness (QED) is 0.381. The van der Waals surface area contributed by atoms with Gasteiger partial charge in [0.05, 0.1) is 12.2 Å². The van der Waals surface area contributed by atoms with E-state index in [4.69, 9.17) is 31.5 Å². The van der Waals surface area contributed by atoms with Crippen LogP contribution in [0.15, 0.2) is 66.3 Å². The maximum Gasteiger partial charge on any atom is 0.193 e. The fourth-order valence-electron chi connectivity index (χ4n) is 9.47. The Bertz CT molecular complexity index is 1590. The molecule has 4 N–H and O–H groups in total. The van der Waals surface area contributed by atoms with Crippen LogP contribution in [0.5, 0.6) is 5.75 Å². The van der Waals surface area contributed by atoms with Gasteiger partial charge in [-0.05, 0) is 85.6 Å². The van der Waals surface area contributed by atoms with E-state index in [0.29, 0.717) is 41.5 Å². The number of carbonyl (C=O) groups is 2. The Balaban J connectivity index is 1.19. The number of ketones is 2. The SMILES string of the molecule is C[C@]12C=CC(=O)C=C1CC[C@@H]1[C@@H]2[C@@H](O)C[C@@]2(C)[C@H]1C[C@H]1O[C@@H](c3cc(OCc4cccc(N)c4)ccc3Cl)O[C@]12C(=O)CO. The number of rotatable bonds is 6. The molecule has 44 heavy (non-hydrogen) atoms. The molecular formula is C35H38ClNO7. The molecular weight excluding hydrogens is 582 g/mol. The van der Waals surface area contributed by atoms with Gasteiger partial charge in [0.25, 0.3) is 0 Å². The summed E-state index contributed by atoms with van der Waals surface area (Å²) in [6, 6.07) is 12.7. The molecule has 9 heteroatoms. The Morgan fingerprint density at radius 1 is 1.20 bits per heavy atom. The Hall–Kier alpha value is -3.01. The molecule has 1 heterocycles. The van der Waals surface area contributed by atoms with E-state index in [1.54, 1.807) is 30.4 Å². The van der Waals surface area contributed by atoms with Crippen LogP contribution in [0.4, 0.5) is 5.69 Å². The van der Waals surface area contributed by atoms with Crippen molar-refractivity contribution in [1.29, 1.82) is 0 Å². The van der Waals surface area contributed by atoms with Gasteiger partial charge in [0.2, 0.25) is 0 Å². The summed E-state index contributed by atoms with van der Waals surface area (Å²) in [6.45, 7) is 3.72. The number of nitrogens with two attached hydrogens (primary N) is 1. The average molecular weight is 620 g/mol. The molecule has 5 aliphatic rings. The Morgan fingerprint density at radius 2 is 2.02 bits per heavy atom. The number of allylic oxidation sites excluding steroid dienone is 4. The Morgan fingerprint density at radius 3 is 2.80 bits per heavy atom. The average Bonchev–Trinajstić information content (AvgIpc) is 3.49. The van der Waals surface area contributed by atoms with Crippen LogP contribution in [0.2, 0.25) is 5.02 Å². The smallest absolute Gasteiger partial charge is 0.193 e. The third kappa shape index (κ3) is 4.26. The molecule has 0 aromatic heterocycles. The van der Waals surface area contributed by atoms with Gasteiger partial charge in [-0.2, -0.15) is 0 Å². The van der Waals surface area contributed by atoms with Gasteiger partial charge in [-0.15, -0.1) is 0 Å². The second-order valence-electron chi connectivity index (χ2n) is 13.6. The molecule has 232 valence electrons. The lowest BCUT2D eigenvalue weighted by molar-refractivity contribution is -0.201. The van der Waals surface area contributed by atoms with E-state index in [9.17, 15) is 19.8 Å². The number of aliphatic hydroxyl groups excluding tert-OH is 2. The van der Waals surface area contributed by atoms with Crippen LogP contribution in [0.1, 0.15) is 56.9 Å².